The minimum absolute atomic E-state index is 0.425. The van der Waals surface area contributed by atoms with E-state index in [0.717, 1.165) is 12.5 Å². The fraction of sp³-hybridized carbons (Fsp3) is 1.00. The van der Waals surface area contributed by atoms with Crippen LogP contribution in [0.15, 0.2) is 0 Å². The van der Waals surface area contributed by atoms with E-state index in [1.54, 1.807) is 0 Å². The van der Waals surface area contributed by atoms with Crippen LogP contribution in [-0.4, -0.2) is 17.5 Å². The lowest BCUT2D eigenvalue weighted by Gasteiger charge is -2.53. The molecule has 100 valence electrons. The Hall–Kier alpha value is 0.440. The van der Waals surface area contributed by atoms with Crippen LogP contribution in [0.4, 0.5) is 0 Å². The van der Waals surface area contributed by atoms with Crippen molar-refractivity contribution in [1.29, 1.82) is 0 Å². The van der Waals surface area contributed by atoms with E-state index in [1.807, 2.05) is 0 Å². The summed E-state index contributed by atoms with van der Waals surface area (Å²) in [5.41, 5.74) is 0.425. The summed E-state index contributed by atoms with van der Waals surface area (Å²) >= 11 is 3.83. The quantitative estimate of drug-likeness (QED) is 0.655. The fourth-order valence-electron chi connectivity index (χ4n) is 3.69. The summed E-state index contributed by atoms with van der Waals surface area (Å²) in [6.45, 7) is 5.65. The molecule has 2 rings (SSSR count). The molecular formula is C15H27BrO. The highest BCUT2D eigenvalue weighted by Gasteiger charge is 2.52. The summed E-state index contributed by atoms with van der Waals surface area (Å²) < 4.78 is 6.26. The predicted molar refractivity (Wildman–Crippen MR) is 76.7 cm³/mol. The van der Waals surface area contributed by atoms with E-state index < -0.39 is 0 Å². The number of ether oxygens (including phenoxy) is 1. The summed E-state index contributed by atoms with van der Waals surface area (Å²) in [5.74, 6) is 0.851. The van der Waals surface area contributed by atoms with Crippen molar-refractivity contribution in [2.45, 2.75) is 76.1 Å². The molecule has 17 heavy (non-hydrogen) atoms. The van der Waals surface area contributed by atoms with Crippen LogP contribution in [0.2, 0.25) is 0 Å². The van der Waals surface area contributed by atoms with Crippen molar-refractivity contribution >= 4 is 15.9 Å². The highest BCUT2D eigenvalue weighted by molar-refractivity contribution is 9.09. The molecule has 2 heteroatoms. The maximum absolute atomic E-state index is 6.26. The molecule has 0 aliphatic heterocycles. The van der Waals surface area contributed by atoms with E-state index in [1.165, 1.54) is 51.4 Å². The molecule has 1 nitrogen and oxygen atoms in total. The maximum atomic E-state index is 6.26. The molecule has 0 aromatic carbocycles. The largest absolute Gasteiger partial charge is 0.377 e. The Morgan fingerprint density at radius 3 is 2.29 bits per heavy atom. The zero-order valence-electron chi connectivity index (χ0n) is 11.4. The Balaban J connectivity index is 1.79. The third-order valence-electron chi connectivity index (χ3n) is 5.26. The second kappa shape index (κ2) is 6.06. The minimum atomic E-state index is 0.425. The fourth-order valence-corrected chi connectivity index (χ4v) is 4.97. The van der Waals surface area contributed by atoms with Gasteiger partial charge in [0, 0.05) is 16.8 Å². The van der Waals surface area contributed by atoms with Crippen LogP contribution >= 0.6 is 15.9 Å². The topological polar surface area (TPSA) is 9.23 Å². The second-order valence-corrected chi connectivity index (χ2v) is 7.07. The van der Waals surface area contributed by atoms with E-state index in [2.05, 4.69) is 29.8 Å². The smallest absolute Gasteiger partial charge is 0.0652 e. The summed E-state index contributed by atoms with van der Waals surface area (Å²) in [4.78, 5) is 0.682. The van der Waals surface area contributed by atoms with E-state index in [9.17, 15) is 0 Å². The lowest BCUT2D eigenvalue weighted by atomic mass is 9.62. The maximum Gasteiger partial charge on any atom is 0.0652 e. The average molecular weight is 303 g/mol. The van der Waals surface area contributed by atoms with Gasteiger partial charge in [-0.25, -0.2) is 0 Å². The third kappa shape index (κ3) is 2.73. The van der Waals surface area contributed by atoms with Gasteiger partial charge in [0.25, 0.3) is 0 Å². The standard InChI is InChI=1S/C15H27BrO/c1-3-15(4-2)13(16)10-14(15)17-11-12-8-6-5-7-9-12/h12-14H,3-11H2,1-2H3. The summed E-state index contributed by atoms with van der Waals surface area (Å²) in [7, 11) is 0. The van der Waals surface area contributed by atoms with Crippen LogP contribution in [0, 0.1) is 11.3 Å². The Morgan fingerprint density at radius 1 is 1.12 bits per heavy atom. The Bertz CT molecular complexity index is 231. The molecular weight excluding hydrogens is 276 g/mol. The number of alkyl halides is 1. The summed E-state index contributed by atoms with van der Waals surface area (Å²) in [5, 5.41) is 0. The van der Waals surface area contributed by atoms with Gasteiger partial charge in [0.1, 0.15) is 0 Å². The summed E-state index contributed by atoms with van der Waals surface area (Å²) in [6.07, 6.45) is 11.3. The number of hydrogen-bond donors (Lipinski definition) is 0. The monoisotopic (exact) mass is 302 g/mol. The first-order chi connectivity index (χ1) is 8.23. The van der Waals surface area contributed by atoms with Gasteiger partial charge in [-0.05, 0) is 38.0 Å². The van der Waals surface area contributed by atoms with Crippen molar-refractivity contribution in [3.05, 3.63) is 0 Å². The van der Waals surface area contributed by atoms with E-state index in [4.69, 9.17) is 4.74 Å². The lowest BCUT2D eigenvalue weighted by Crippen LogP contribution is -2.55. The Labute approximate surface area is 115 Å². The van der Waals surface area contributed by atoms with Crippen molar-refractivity contribution in [1.82, 2.24) is 0 Å². The van der Waals surface area contributed by atoms with Gasteiger partial charge in [-0.1, -0.05) is 49.0 Å². The van der Waals surface area contributed by atoms with Crippen LogP contribution in [0.1, 0.15) is 65.2 Å². The predicted octanol–water partition coefficient (Wildman–Crippen LogP) is 4.93. The van der Waals surface area contributed by atoms with Crippen LogP contribution in [-0.2, 0) is 4.74 Å². The van der Waals surface area contributed by atoms with Crippen LogP contribution in [0.3, 0.4) is 0 Å². The normalized spacial score (nSPS) is 33.4. The zero-order chi connectivity index (χ0) is 12.3. The number of halogens is 1. The van der Waals surface area contributed by atoms with E-state index in [0.29, 0.717) is 16.3 Å². The molecule has 2 aliphatic rings. The molecule has 0 N–H and O–H groups in total. The van der Waals surface area contributed by atoms with Gasteiger partial charge in [-0.2, -0.15) is 0 Å². The van der Waals surface area contributed by atoms with Crippen LogP contribution < -0.4 is 0 Å². The summed E-state index contributed by atoms with van der Waals surface area (Å²) in [6, 6.07) is 0. The van der Waals surface area contributed by atoms with Gasteiger partial charge in [0.05, 0.1) is 6.10 Å². The highest BCUT2D eigenvalue weighted by Crippen LogP contribution is 2.52. The first-order valence-corrected chi connectivity index (χ1v) is 8.40. The van der Waals surface area contributed by atoms with Gasteiger partial charge in [-0.3, -0.25) is 0 Å². The highest BCUT2D eigenvalue weighted by atomic mass is 79.9. The molecule has 0 saturated heterocycles. The van der Waals surface area contributed by atoms with Gasteiger partial charge in [0.2, 0.25) is 0 Å². The van der Waals surface area contributed by atoms with Crippen molar-refractivity contribution in [2.24, 2.45) is 11.3 Å². The van der Waals surface area contributed by atoms with Crippen molar-refractivity contribution in [3.8, 4) is 0 Å². The zero-order valence-corrected chi connectivity index (χ0v) is 13.0. The Kier molecular flexibility index (Phi) is 4.94. The number of hydrogen-bond acceptors (Lipinski definition) is 1. The molecule has 0 heterocycles. The van der Waals surface area contributed by atoms with Crippen LogP contribution in [0.25, 0.3) is 0 Å². The van der Waals surface area contributed by atoms with Crippen LogP contribution in [0.5, 0.6) is 0 Å². The first kappa shape index (κ1) is 13.9. The molecule has 0 aromatic rings. The SMILES string of the molecule is CCC1(CC)C(Br)CC1OCC1CCCCC1. The minimum Gasteiger partial charge on any atom is -0.377 e. The molecule has 2 atom stereocenters. The number of rotatable bonds is 5. The first-order valence-electron chi connectivity index (χ1n) is 7.48. The molecule has 0 aromatic heterocycles. The second-order valence-electron chi connectivity index (χ2n) is 5.97. The van der Waals surface area contributed by atoms with Gasteiger partial charge in [-0.15, -0.1) is 0 Å². The molecule has 2 saturated carbocycles. The lowest BCUT2D eigenvalue weighted by molar-refractivity contribution is -0.119. The average Bonchev–Trinajstić information content (AvgIpc) is 2.37. The Morgan fingerprint density at radius 2 is 1.76 bits per heavy atom. The molecule has 0 spiro atoms. The molecule has 2 unspecified atom stereocenters. The van der Waals surface area contributed by atoms with Gasteiger partial charge < -0.3 is 4.74 Å². The van der Waals surface area contributed by atoms with Crippen molar-refractivity contribution in [2.75, 3.05) is 6.61 Å². The molecule has 0 radical (unpaired) electrons. The molecule has 0 amide bonds. The molecule has 2 aliphatic carbocycles. The van der Waals surface area contributed by atoms with E-state index >= 15 is 0 Å². The van der Waals surface area contributed by atoms with Crippen molar-refractivity contribution in [3.63, 3.8) is 0 Å². The molecule has 2 fully saturated rings. The van der Waals surface area contributed by atoms with Gasteiger partial charge >= 0.3 is 0 Å². The third-order valence-corrected chi connectivity index (χ3v) is 6.55. The van der Waals surface area contributed by atoms with Gasteiger partial charge in [0.15, 0.2) is 0 Å². The molecule has 0 bridgehead atoms. The van der Waals surface area contributed by atoms with Crippen molar-refractivity contribution < 1.29 is 4.74 Å². The van der Waals surface area contributed by atoms with E-state index in [-0.39, 0.29) is 0 Å².